The summed E-state index contributed by atoms with van der Waals surface area (Å²) in [5, 5.41) is 19.5. The number of nitro groups is 1. The van der Waals surface area contributed by atoms with Gasteiger partial charge in [0.15, 0.2) is 0 Å². The molecular formula is C11H13N4O4+. The molecule has 0 fully saturated rings. The number of hydrogen-bond donors (Lipinski definition) is 2. The summed E-state index contributed by atoms with van der Waals surface area (Å²) >= 11 is 0. The van der Waals surface area contributed by atoms with Crippen molar-refractivity contribution in [2.45, 2.75) is 0 Å². The Morgan fingerprint density at radius 1 is 1.47 bits per heavy atom. The van der Waals surface area contributed by atoms with E-state index < -0.39 is 10.9 Å². The predicted octanol–water partition coefficient (Wildman–Crippen LogP) is 0.865. The molecule has 2 N–H and O–H groups in total. The van der Waals surface area contributed by atoms with Gasteiger partial charge in [0, 0.05) is 12.1 Å². The molecule has 1 aromatic carbocycles. The van der Waals surface area contributed by atoms with E-state index in [9.17, 15) is 14.9 Å². The van der Waals surface area contributed by atoms with Crippen LogP contribution in [0.3, 0.4) is 0 Å². The van der Waals surface area contributed by atoms with E-state index in [2.05, 4.69) is 10.4 Å². The van der Waals surface area contributed by atoms with Crippen LogP contribution in [0.15, 0.2) is 29.3 Å². The number of carbonyl (C=O) groups is 1. The van der Waals surface area contributed by atoms with E-state index in [-0.39, 0.29) is 16.8 Å². The molecule has 8 nitrogen and oxygen atoms in total. The smallest absolute Gasteiger partial charge is 0.362 e. The molecule has 0 amide bonds. The number of carboxylic acids is 1. The van der Waals surface area contributed by atoms with Gasteiger partial charge in [-0.25, -0.2) is 15.2 Å². The van der Waals surface area contributed by atoms with Crippen molar-refractivity contribution in [1.82, 2.24) is 0 Å². The number of quaternary nitrogens is 1. The largest absolute Gasteiger partial charge is 0.477 e. The fourth-order valence-corrected chi connectivity index (χ4v) is 1.91. The standard InChI is InChI=1S/C11H12N4O4/c16-11(17)7-15(6-5-12-8-15)13-9-1-3-10(4-2-9)14(18)19/h1-4,8,13H,5-7H2/p+1. The number of aliphatic carboxylic acids is 1. The number of nitrogens with zero attached hydrogens (tertiary/aromatic N) is 3. The maximum Gasteiger partial charge on any atom is 0.362 e. The molecule has 0 saturated carbocycles. The molecule has 2 rings (SSSR count). The predicted molar refractivity (Wildman–Crippen MR) is 67.7 cm³/mol. The molecule has 0 bridgehead atoms. The Hall–Kier alpha value is -2.48. The second kappa shape index (κ2) is 5.02. The third kappa shape index (κ3) is 3.05. The fourth-order valence-electron chi connectivity index (χ4n) is 1.91. The molecule has 1 atom stereocenters. The number of rotatable bonds is 5. The molecule has 0 saturated heterocycles. The van der Waals surface area contributed by atoms with Gasteiger partial charge in [-0.2, -0.15) is 4.59 Å². The first kappa shape index (κ1) is 13.0. The summed E-state index contributed by atoms with van der Waals surface area (Å²) in [6.07, 6.45) is 1.55. The highest BCUT2D eigenvalue weighted by Gasteiger charge is 2.33. The number of benzene rings is 1. The quantitative estimate of drug-likeness (QED) is 0.467. The lowest BCUT2D eigenvalue weighted by molar-refractivity contribution is -0.797. The minimum Gasteiger partial charge on any atom is -0.477 e. The Morgan fingerprint density at radius 3 is 2.63 bits per heavy atom. The van der Waals surface area contributed by atoms with Crippen molar-refractivity contribution in [3.05, 3.63) is 34.4 Å². The monoisotopic (exact) mass is 265 g/mol. The molecule has 0 radical (unpaired) electrons. The third-order valence-electron chi connectivity index (χ3n) is 2.78. The summed E-state index contributed by atoms with van der Waals surface area (Å²) in [7, 11) is 0. The molecule has 100 valence electrons. The van der Waals surface area contributed by atoms with Gasteiger partial charge in [-0.3, -0.25) is 10.1 Å². The molecule has 0 aromatic heterocycles. The van der Waals surface area contributed by atoms with Crippen LogP contribution in [0.25, 0.3) is 0 Å². The van der Waals surface area contributed by atoms with Gasteiger partial charge in [-0.15, -0.1) is 0 Å². The lowest BCUT2D eigenvalue weighted by atomic mass is 10.3. The first-order chi connectivity index (χ1) is 9.01. The van der Waals surface area contributed by atoms with Crippen LogP contribution >= 0.6 is 0 Å². The van der Waals surface area contributed by atoms with Crippen molar-refractivity contribution in [3.63, 3.8) is 0 Å². The summed E-state index contributed by atoms with van der Waals surface area (Å²) in [6, 6.07) is 5.83. The molecule has 1 aromatic rings. The van der Waals surface area contributed by atoms with Crippen molar-refractivity contribution in [1.29, 1.82) is 0 Å². The molecule has 1 unspecified atom stereocenters. The summed E-state index contributed by atoms with van der Waals surface area (Å²) < 4.78 is 0.00709. The zero-order valence-corrected chi connectivity index (χ0v) is 10.0. The Kier molecular flexibility index (Phi) is 3.43. The Labute approximate surface area is 108 Å². The summed E-state index contributed by atoms with van der Waals surface area (Å²) in [4.78, 5) is 25.0. The van der Waals surface area contributed by atoms with Crippen molar-refractivity contribution in [2.24, 2.45) is 4.99 Å². The maximum absolute atomic E-state index is 10.9. The summed E-state index contributed by atoms with van der Waals surface area (Å²) in [6.45, 7) is 0.942. The Morgan fingerprint density at radius 2 is 2.16 bits per heavy atom. The molecule has 1 heterocycles. The molecule has 8 heteroatoms. The topological polar surface area (TPSA) is 105 Å². The first-order valence-electron chi connectivity index (χ1n) is 5.63. The number of anilines is 1. The van der Waals surface area contributed by atoms with Crippen molar-refractivity contribution in [3.8, 4) is 0 Å². The number of non-ortho nitro benzene ring substituents is 1. The molecule has 0 spiro atoms. The highest BCUT2D eigenvalue weighted by molar-refractivity contribution is 5.70. The number of aliphatic imine (C=N–C) groups is 1. The second-order valence-electron chi connectivity index (χ2n) is 4.25. The molecule has 1 aliphatic rings. The van der Waals surface area contributed by atoms with Crippen LogP contribution in [-0.4, -0.2) is 46.6 Å². The van der Waals surface area contributed by atoms with Crippen LogP contribution < -0.4 is 5.43 Å². The minimum atomic E-state index is -0.942. The molecule has 19 heavy (non-hydrogen) atoms. The van der Waals surface area contributed by atoms with Crippen LogP contribution in [0.4, 0.5) is 11.4 Å². The minimum absolute atomic E-state index is 0.00709. The Balaban J connectivity index is 2.15. The third-order valence-corrected chi connectivity index (χ3v) is 2.78. The van der Waals surface area contributed by atoms with Gasteiger partial charge in [-0.1, -0.05) is 0 Å². The van der Waals surface area contributed by atoms with Crippen LogP contribution in [0.2, 0.25) is 0 Å². The van der Waals surface area contributed by atoms with E-state index in [1.165, 1.54) is 12.1 Å². The van der Waals surface area contributed by atoms with E-state index in [1.54, 1.807) is 18.5 Å². The lowest BCUT2D eigenvalue weighted by Crippen LogP contribution is -2.53. The van der Waals surface area contributed by atoms with Gasteiger partial charge in [0.2, 0.25) is 12.9 Å². The van der Waals surface area contributed by atoms with Crippen molar-refractivity contribution in [2.75, 3.05) is 25.1 Å². The molecule has 1 aliphatic heterocycles. The zero-order chi connectivity index (χ0) is 13.9. The van der Waals surface area contributed by atoms with Crippen molar-refractivity contribution < 1.29 is 19.4 Å². The normalized spacial score (nSPS) is 21.3. The average molecular weight is 265 g/mol. The van der Waals surface area contributed by atoms with Gasteiger partial charge in [0.25, 0.3) is 5.69 Å². The van der Waals surface area contributed by atoms with Gasteiger partial charge in [0.05, 0.1) is 17.2 Å². The van der Waals surface area contributed by atoms with E-state index in [1.807, 2.05) is 0 Å². The van der Waals surface area contributed by atoms with Crippen molar-refractivity contribution >= 4 is 23.7 Å². The average Bonchev–Trinajstić information content (AvgIpc) is 2.77. The number of carboxylic acid groups (broad SMARTS) is 1. The van der Waals surface area contributed by atoms with E-state index >= 15 is 0 Å². The van der Waals surface area contributed by atoms with E-state index in [0.29, 0.717) is 18.8 Å². The van der Waals surface area contributed by atoms with Crippen LogP contribution in [0, 0.1) is 10.1 Å². The number of hydrogen-bond acceptors (Lipinski definition) is 5. The number of nitro benzene ring substituents is 1. The van der Waals surface area contributed by atoms with Gasteiger partial charge < -0.3 is 5.11 Å². The van der Waals surface area contributed by atoms with Crippen LogP contribution in [0.5, 0.6) is 0 Å². The maximum atomic E-state index is 10.9. The SMILES string of the molecule is O=C(O)C[N+]1(Nc2ccc([N+](=O)[O-])cc2)C=NCC1. The summed E-state index contributed by atoms with van der Waals surface area (Å²) in [5.74, 6) is -0.942. The van der Waals surface area contributed by atoms with E-state index in [0.717, 1.165) is 0 Å². The second-order valence-corrected chi connectivity index (χ2v) is 4.25. The summed E-state index contributed by atoms with van der Waals surface area (Å²) in [5.41, 5.74) is 3.64. The first-order valence-corrected chi connectivity index (χ1v) is 5.63. The van der Waals surface area contributed by atoms with Gasteiger partial charge in [-0.05, 0) is 12.1 Å². The molecular weight excluding hydrogens is 252 g/mol. The fraction of sp³-hybridized carbons (Fsp3) is 0.273. The zero-order valence-electron chi connectivity index (χ0n) is 10.0. The van der Waals surface area contributed by atoms with E-state index in [4.69, 9.17) is 5.11 Å². The highest BCUT2D eigenvalue weighted by atomic mass is 16.6. The van der Waals surface area contributed by atoms with Crippen LogP contribution in [0.1, 0.15) is 0 Å². The van der Waals surface area contributed by atoms with Crippen LogP contribution in [-0.2, 0) is 4.79 Å². The Bertz CT molecular complexity index is 528. The molecule has 0 aliphatic carbocycles. The van der Waals surface area contributed by atoms with Gasteiger partial charge in [0.1, 0.15) is 6.54 Å². The lowest BCUT2D eigenvalue weighted by Gasteiger charge is -2.28. The van der Waals surface area contributed by atoms with Gasteiger partial charge >= 0.3 is 5.97 Å². The highest BCUT2D eigenvalue weighted by Crippen LogP contribution is 2.19. The number of nitrogens with one attached hydrogen (secondary N) is 1.